The van der Waals surface area contributed by atoms with Gasteiger partial charge in [0.1, 0.15) is 5.54 Å². The van der Waals surface area contributed by atoms with Gasteiger partial charge in [0.2, 0.25) is 10.0 Å². The highest BCUT2D eigenvalue weighted by Gasteiger charge is 2.57. The molecule has 29 heavy (non-hydrogen) atoms. The van der Waals surface area contributed by atoms with Crippen LogP contribution in [0.1, 0.15) is 43.1 Å². The summed E-state index contributed by atoms with van der Waals surface area (Å²) >= 11 is 0. The van der Waals surface area contributed by atoms with Crippen LogP contribution in [0, 0.1) is 11.3 Å². The van der Waals surface area contributed by atoms with Gasteiger partial charge in [0, 0.05) is 48.4 Å². The van der Waals surface area contributed by atoms with Crippen LogP contribution in [-0.4, -0.2) is 46.3 Å². The van der Waals surface area contributed by atoms with Gasteiger partial charge in [-0.25, -0.2) is 8.42 Å². The molecule has 2 fully saturated rings. The number of pyridine rings is 1. The third-order valence-electron chi connectivity index (χ3n) is 7.12. The first-order valence-corrected chi connectivity index (χ1v) is 11.7. The fraction of sp³-hybridized carbons (Fsp3) is 0.476. The number of hydrogen-bond acceptors (Lipinski definition) is 5. The van der Waals surface area contributed by atoms with Gasteiger partial charge in [-0.15, -0.1) is 0 Å². The number of fused-ring (bicyclic) bond motifs is 4. The third-order valence-corrected chi connectivity index (χ3v) is 8.89. The van der Waals surface area contributed by atoms with Crippen LogP contribution in [0.4, 0.5) is 0 Å². The second kappa shape index (κ2) is 5.35. The molecule has 2 aromatic rings. The van der Waals surface area contributed by atoms with E-state index in [2.05, 4.69) is 23.2 Å². The van der Waals surface area contributed by atoms with E-state index < -0.39 is 15.6 Å². The summed E-state index contributed by atoms with van der Waals surface area (Å²) in [4.78, 5) is 4.58. The topological polar surface area (TPSA) is 91.9 Å². The number of hydrogen-bond donors (Lipinski definition) is 0. The van der Waals surface area contributed by atoms with Crippen LogP contribution in [0.3, 0.4) is 0 Å². The van der Waals surface area contributed by atoms with Crippen molar-refractivity contribution < 1.29 is 8.42 Å². The van der Waals surface area contributed by atoms with Crippen LogP contribution in [0.15, 0.2) is 24.5 Å². The minimum absolute atomic E-state index is 0.0192. The maximum absolute atomic E-state index is 12.3. The van der Waals surface area contributed by atoms with Crippen LogP contribution < -0.4 is 0 Å². The molecule has 1 spiro atoms. The van der Waals surface area contributed by atoms with E-state index in [0.29, 0.717) is 13.1 Å². The van der Waals surface area contributed by atoms with E-state index in [1.165, 1.54) is 21.0 Å². The Bertz CT molecular complexity index is 1240. The summed E-state index contributed by atoms with van der Waals surface area (Å²) in [5.41, 5.74) is 6.54. The zero-order valence-electron chi connectivity index (χ0n) is 16.2. The first kappa shape index (κ1) is 17.4. The molecule has 148 valence electrons. The van der Waals surface area contributed by atoms with Crippen molar-refractivity contribution in [3.05, 3.63) is 41.5 Å². The van der Waals surface area contributed by atoms with Crippen LogP contribution in [0.2, 0.25) is 0 Å². The molecule has 8 heteroatoms. The van der Waals surface area contributed by atoms with Crippen molar-refractivity contribution in [2.24, 2.45) is 0 Å². The number of rotatable bonds is 4. The van der Waals surface area contributed by atoms with Crippen LogP contribution in [-0.2, 0) is 27.4 Å². The van der Waals surface area contributed by atoms with Gasteiger partial charge < -0.3 is 0 Å². The summed E-state index contributed by atoms with van der Waals surface area (Å²) in [6.45, 7) is 2.26. The predicted molar refractivity (Wildman–Crippen MR) is 107 cm³/mol. The van der Waals surface area contributed by atoms with E-state index in [1.807, 2.05) is 17.1 Å². The third kappa shape index (κ3) is 2.07. The zero-order chi connectivity index (χ0) is 20.0. The molecule has 0 aromatic carbocycles. The highest BCUT2D eigenvalue weighted by Crippen LogP contribution is 2.64. The van der Waals surface area contributed by atoms with Crippen LogP contribution in [0.5, 0.6) is 0 Å². The summed E-state index contributed by atoms with van der Waals surface area (Å²) in [6, 6.07) is 4.32. The van der Waals surface area contributed by atoms with Crippen molar-refractivity contribution in [2.75, 3.05) is 18.8 Å². The average molecular weight is 407 g/mol. The Hall–Kier alpha value is -2.50. The summed E-state index contributed by atoms with van der Waals surface area (Å²) in [5, 5.41) is 14.5. The minimum Gasteiger partial charge on any atom is -0.262 e. The van der Waals surface area contributed by atoms with Gasteiger partial charge in [-0.05, 0) is 37.0 Å². The molecule has 0 N–H and O–H groups in total. The molecule has 0 radical (unpaired) electrons. The van der Waals surface area contributed by atoms with Crippen molar-refractivity contribution in [2.45, 2.75) is 43.6 Å². The first-order valence-electron chi connectivity index (χ1n) is 10.1. The van der Waals surface area contributed by atoms with E-state index in [0.717, 1.165) is 36.2 Å². The van der Waals surface area contributed by atoms with Crippen molar-refractivity contribution in [1.82, 2.24) is 19.1 Å². The van der Waals surface area contributed by atoms with Crippen molar-refractivity contribution in [1.29, 1.82) is 5.26 Å². The Morgan fingerprint density at radius 1 is 1.28 bits per heavy atom. The van der Waals surface area contributed by atoms with Crippen LogP contribution in [0.25, 0.3) is 16.7 Å². The fourth-order valence-corrected chi connectivity index (χ4v) is 6.56. The van der Waals surface area contributed by atoms with Gasteiger partial charge in [0.05, 0.1) is 29.6 Å². The van der Waals surface area contributed by atoms with E-state index in [1.54, 1.807) is 6.92 Å². The molecule has 4 aliphatic rings. The lowest BCUT2D eigenvalue weighted by molar-refractivity contribution is 0.0714. The Balaban J connectivity index is 1.48. The van der Waals surface area contributed by atoms with Crippen molar-refractivity contribution >= 4 is 15.6 Å². The Kier molecular flexibility index (Phi) is 3.20. The Morgan fingerprint density at radius 2 is 2.07 bits per heavy atom. The van der Waals surface area contributed by atoms with E-state index >= 15 is 0 Å². The molecule has 0 bridgehead atoms. The highest BCUT2D eigenvalue weighted by molar-refractivity contribution is 7.89. The standard InChI is InChI=1S/C21H21N5O2S/c1-2-29(27,28)25-12-20(13-25,8-9-22)26-11-15-14-5-10-23-17-4-3-16(18(14)17)21(6-7-21)19(15)24-26/h3,5,10-11H,2,4,6-8,12-13H2,1H3. The molecule has 3 heterocycles. The molecule has 7 nitrogen and oxygen atoms in total. The molecular weight excluding hydrogens is 386 g/mol. The summed E-state index contributed by atoms with van der Waals surface area (Å²) < 4.78 is 27.9. The summed E-state index contributed by atoms with van der Waals surface area (Å²) in [6.07, 6.45) is 9.50. The van der Waals surface area contributed by atoms with E-state index in [4.69, 9.17) is 5.10 Å². The quantitative estimate of drug-likeness (QED) is 0.775. The molecule has 1 aliphatic heterocycles. The number of aromatic nitrogens is 3. The summed E-state index contributed by atoms with van der Waals surface area (Å²) in [5.74, 6) is 0.0751. The number of nitrogens with zero attached hydrogens (tertiary/aromatic N) is 5. The van der Waals surface area contributed by atoms with Gasteiger partial charge >= 0.3 is 0 Å². The lowest BCUT2D eigenvalue weighted by Gasteiger charge is -2.47. The smallest absolute Gasteiger partial charge is 0.213 e. The number of sulfonamides is 1. The number of allylic oxidation sites excluding steroid dienone is 2. The summed E-state index contributed by atoms with van der Waals surface area (Å²) in [7, 11) is -3.26. The molecule has 1 saturated heterocycles. The largest absolute Gasteiger partial charge is 0.262 e. The second-order valence-electron chi connectivity index (χ2n) is 8.65. The van der Waals surface area contributed by atoms with Gasteiger partial charge in [0.25, 0.3) is 0 Å². The maximum atomic E-state index is 12.3. The lowest BCUT2D eigenvalue weighted by atomic mass is 9.78. The zero-order valence-corrected chi connectivity index (χ0v) is 17.0. The second-order valence-corrected chi connectivity index (χ2v) is 10.9. The molecule has 2 aromatic heterocycles. The molecule has 1 saturated carbocycles. The first-order chi connectivity index (χ1) is 13.9. The lowest BCUT2D eigenvalue weighted by Crippen LogP contribution is -2.64. The van der Waals surface area contributed by atoms with Gasteiger partial charge in [-0.1, -0.05) is 6.08 Å². The van der Waals surface area contributed by atoms with Gasteiger partial charge in [0.15, 0.2) is 0 Å². The monoisotopic (exact) mass is 407 g/mol. The normalized spacial score (nSPS) is 22.4. The predicted octanol–water partition coefficient (Wildman–Crippen LogP) is 2.20. The molecule has 3 aliphatic carbocycles. The van der Waals surface area contributed by atoms with Crippen molar-refractivity contribution in [3.63, 3.8) is 0 Å². The highest BCUT2D eigenvalue weighted by atomic mass is 32.2. The maximum Gasteiger partial charge on any atom is 0.213 e. The number of nitriles is 1. The molecule has 0 amide bonds. The SMILES string of the molecule is CCS(=O)(=O)N1CC(CC#N)(n2cc3c(n2)C2(CC2)C2=CCc4nccc-3c42)C1. The van der Waals surface area contributed by atoms with E-state index in [-0.39, 0.29) is 17.6 Å². The van der Waals surface area contributed by atoms with Gasteiger partial charge in [-0.3, -0.25) is 9.67 Å². The molecule has 0 unspecified atom stereocenters. The Labute approximate surface area is 169 Å². The average Bonchev–Trinajstić information content (AvgIpc) is 3.14. The van der Waals surface area contributed by atoms with Crippen LogP contribution >= 0.6 is 0 Å². The molecular formula is C21H21N5O2S. The molecule has 6 rings (SSSR count). The fourth-order valence-electron chi connectivity index (χ4n) is 5.32. The van der Waals surface area contributed by atoms with Crippen molar-refractivity contribution in [3.8, 4) is 17.2 Å². The molecule has 0 atom stereocenters. The van der Waals surface area contributed by atoms with E-state index in [9.17, 15) is 13.7 Å². The Morgan fingerprint density at radius 3 is 2.76 bits per heavy atom. The van der Waals surface area contributed by atoms with Gasteiger partial charge in [-0.2, -0.15) is 14.7 Å². The minimum atomic E-state index is -3.26.